The molecule has 3 aromatic carbocycles. The molecule has 0 saturated heterocycles. The SMILES string of the molecule is C/C=C(\C)[C@@H]1OC(=O)[C@@H](C)NC(=O)[C@H](C(C)CC)NC(=O)CN(C)C(=O)[C@H](Cc2ccc(Cl)cc2)N(C)C(=O)[C@H](C)NC(=O)[C@H](CC(C)C)OC(=O)/C(C)=C/CC[C@@H](OC(=O)NCCCCCOP(=O)(O)OP(=O)(O)OCCCCCNC(=O)OCc2ccc(NC(=O)[C@@H](CCCNC(N)=O)NC(=O)[C@H](NC(=O)CCOCCOCCOCCOCCNC(=O)c3ccc(C(=O)C4CCC4)cc3)C(C)C)cc2)[C@@H]1C. The molecule has 2 aliphatic rings. The molecule has 0 bridgehead atoms. The van der Waals surface area contributed by atoms with E-state index in [0.717, 1.165) is 29.1 Å². The number of unbranched alkanes of at least 4 members (excludes halogenated alkanes) is 4. The van der Waals surface area contributed by atoms with Crippen LogP contribution in [-0.2, 0) is 121 Å². The smallest absolute Gasteiger partial charge is 0.456 e. The number of halogens is 1. The molecule has 1 aliphatic carbocycles. The van der Waals surface area contributed by atoms with Gasteiger partial charge >= 0.3 is 45.8 Å². The summed E-state index contributed by atoms with van der Waals surface area (Å²) < 4.78 is 85.3. The van der Waals surface area contributed by atoms with E-state index in [4.69, 9.17) is 64.3 Å². The van der Waals surface area contributed by atoms with Gasteiger partial charge in [0.2, 0.25) is 41.4 Å². The van der Waals surface area contributed by atoms with Crippen LogP contribution in [0.4, 0.5) is 20.1 Å². The number of nitrogens with two attached hydrogens (primary N) is 1. The first-order valence-corrected chi connectivity index (χ1v) is 52.3. The second-order valence-electron chi connectivity index (χ2n) is 36.3. The highest BCUT2D eigenvalue weighted by molar-refractivity contribution is 7.61. The minimum Gasteiger partial charge on any atom is -0.456 e. The monoisotopic (exact) mass is 2090 g/mol. The molecule has 1 aliphatic heterocycles. The number of nitrogens with zero attached hydrogens (tertiary/aromatic N) is 2. The third-order valence-corrected chi connectivity index (χ3v) is 26.7. The predicted molar refractivity (Wildman–Crippen MR) is 532 cm³/mol. The van der Waals surface area contributed by atoms with Gasteiger partial charge in [0, 0.05) is 92.4 Å². The number of amides is 13. The Kier molecular flexibility index (Phi) is 56.3. The van der Waals surface area contributed by atoms with E-state index in [1.807, 2.05) is 0 Å². The normalized spacial score (nSPS) is 20.5. The van der Waals surface area contributed by atoms with Gasteiger partial charge in [-0.3, -0.25) is 57.0 Å². The van der Waals surface area contributed by atoms with Crippen LogP contribution < -0.4 is 58.9 Å². The Balaban J connectivity index is 1.02. The number of benzene rings is 3. The zero-order chi connectivity index (χ0) is 107. The minimum atomic E-state index is -5.17. The average Bonchev–Trinajstić information content (AvgIpc) is 0.848. The molecule has 5 rings (SSSR count). The maximum atomic E-state index is 14.5. The summed E-state index contributed by atoms with van der Waals surface area (Å²) in [5.41, 5.74) is 8.38. The molecule has 804 valence electrons. The molecule has 0 aromatic heterocycles. The first kappa shape index (κ1) is 124. The number of carbonyl (C=O) groups excluding carboxylic acids is 15. The van der Waals surface area contributed by atoms with Gasteiger partial charge in [0.1, 0.15) is 55.1 Å². The summed E-state index contributed by atoms with van der Waals surface area (Å²) in [4.78, 5) is 225. The van der Waals surface area contributed by atoms with Gasteiger partial charge in [0.05, 0.1) is 72.6 Å². The summed E-state index contributed by atoms with van der Waals surface area (Å²) in [6, 6.07) is 11.5. The summed E-state index contributed by atoms with van der Waals surface area (Å²) in [5.74, 6) is -9.11. The topological polar surface area (TPSA) is 585 Å². The maximum Gasteiger partial charge on any atom is 0.481 e. The Bertz CT molecular complexity index is 4800. The Labute approximate surface area is 847 Å². The van der Waals surface area contributed by atoms with Crippen molar-refractivity contribution in [1.29, 1.82) is 0 Å². The summed E-state index contributed by atoms with van der Waals surface area (Å²) in [6.45, 7) is 20.7. The molecule has 43 nitrogen and oxygen atoms in total. The van der Waals surface area contributed by atoms with E-state index in [-0.39, 0.29) is 159 Å². The third-order valence-electron chi connectivity index (χ3n) is 23.8. The number of primary amides is 1. The van der Waals surface area contributed by atoms with Crippen LogP contribution in [0.3, 0.4) is 0 Å². The number of urea groups is 1. The summed E-state index contributed by atoms with van der Waals surface area (Å²) in [7, 11) is -7.59. The lowest BCUT2D eigenvalue weighted by Gasteiger charge is -2.33. The molecule has 1 saturated carbocycles. The number of allylic oxidation sites excluding steroid dienone is 2. The van der Waals surface area contributed by atoms with Crippen LogP contribution in [0, 0.1) is 29.6 Å². The number of ketones is 1. The summed E-state index contributed by atoms with van der Waals surface area (Å²) in [6.07, 6.45) is 3.00. The number of phosphoric ester groups is 2. The Morgan fingerprint density at radius 3 is 1.77 bits per heavy atom. The molecular weight excluding hydrogens is 1940 g/mol. The minimum absolute atomic E-state index is 0.00132. The van der Waals surface area contributed by atoms with Crippen molar-refractivity contribution < 1.29 is 142 Å². The first-order chi connectivity index (χ1) is 68.3. The number of phosphoric acid groups is 2. The van der Waals surface area contributed by atoms with Gasteiger partial charge in [0.25, 0.3) is 11.8 Å². The van der Waals surface area contributed by atoms with Crippen molar-refractivity contribution in [1.82, 2.24) is 57.7 Å². The lowest BCUT2D eigenvalue weighted by Crippen LogP contribution is -2.57. The number of cyclic esters (lactones) is 2. The number of hydrogen-bond donors (Lipinski definition) is 13. The summed E-state index contributed by atoms with van der Waals surface area (Å²) >= 11 is 6.19. The van der Waals surface area contributed by atoms with E-state index in [1.54, 1.807) is 141 Å². The highest BCUT2D eigenvalue weighted by Gasteiger charge is 2.41. The van der Waals surface area contributed by atoms with Crippen molar-refractivity contribution in [3.63, 3.8) is 0 Å². The van der Waals surface area contributed by atoms with Gasteiger partial charge in [-0.25, -0.2) is 33.1 Å². The molecule has 144 heavy (non-hydrogen) atoms. The van der Waals surface area contributed by atoms with Gasteiger partial charge in [0.15, 0.2) is 11.9 Å². The molecule has 13 atom stereocenters. The van der Waals surface area contributed by atoms with Crippen LogP contribution >= 0.6 is 27.2 Å². The van der Waals surface area contributed by atoms with Gasteiger partial charge in [-0.05, 0) is 189 Å². The van der Waals surface area contributed by atoms with E-state index in [0.29, 0.717) is 84.2 Å². The molecule has 3 aromatic rings. The molecule has 0 radical (unpaired) electrons. The molecule has 1 heterocycles. The van der Waals surface area contributed by atoms with Crippen molar-refractivity contribution in [2.24, 2.45) is 35.3 Å². The zero-order valence-electron chi connectivity index (χ0n) is 85.1. The number of ether oxygens (including phenoxy) is 8. The molecule has 1 fully saturated rings. The number of carbonyl (C=O) groups is 15. The van der Waals surface area contributed by atoms with Gasteiger partial charge in [-0.15, -0.1) is 0 Å². The van der Waals surface area contributed by atoms with E-state index in [9.17, 15) is 90.8 Å². The standard InChI is InChI=1S/C98H150ClN13O30P2/c1-15-64(7)84-91(120)106-69(12)95(124)141-86(65(8)16-2)67(10)79(30-23-26-66(9)94(123)139-80(58-62(3)4)89(118)105-68(11)92(121)112(14)78(59-70-31-39-75(99)40-32-70)93(122)111(13)60-82(114)110-84)140-98(127)104-45-20-18-22-49-138-144(130,131)142-143(128,129)137-48-21-17-19-44-103-97(126)136-61-71-33-41-76(42-34-71)107-88(117)77(29-25-46-102-96(100)125)108-90(119)83(63(5)6)109-81(113)43-50-132-52-54-134-56-57-135-55-53-133-51-47-101-87(116)74-37-35-73(36-38-74)85(115)72-27-24-28-72/h16,26,31-42,62-64,67-69,72,77-80,83-84,86H,15,17-25,27-30,43-61H2,1-14H3,(H,101,116)(H,103,126)(H,104,127)(H,105,118)(H,106,120)(H,107,117)(H,108,119)(H,109,113)(H,110,114)(H,128,129)(H,130,131)(H3,100,102,125)/b65-16+,66-26+/t64?,67-,68-,69+,77+,78-,79+,80-,83+,84-,86-/m0/s1. The van der Waals surface area contributed by atoms with E-state index >= 15 is 0 Å². The van der Waals surface area contributed by atoms with Gasteiger partial charge < -0.3 is 116 Å². The lowest BCUT2D eigenvalue weighted by atomic mass is 9.80. The van der Waals surface area contributed by atoms with Gasteiger partial charge in [-0.1, -0.05) is 121 Å². The number of rotatable bonds is 54. The number of alkyl carbamates (subject to hydrolysis) is 2. The van der Waals surface area contributed by atoms with Crippen LogP contribution in [0.5, 0.6) is 0 Å². The van der Waals surface area contributed by atoms with Crippen molar-refractivity contribution in [2.45, 2.75) is 253 Å². The third kappa shape index (κ3) is 47.1. The first-order valence-electron chi connectivity index (χ1n) is 49.0. The molecular formula is C98H150ClN13O30P2. The fraction of sp³-hybridized carbons (Fsp3) is 0.622. The number of nitrogens with one attached hydrogen (secondary N) is 10. The largest absolute Gasteiger partial charge is 0.481 e. The maximum absolute atomic E-state index is 14.5. The van der Waals surface area contributed by atoms with Gasteiger partial charge in [-0.2, -0.15) is 4.31 Å². The van der Waals surface area contributed by atoms with Crippen LogP contribution in [0.1, 0.15) is 218 Å². The predicted octanol–water partition coefficient (Wildman–Crippen LogP) is 9.41. The molecule has 46 heteroatoms. The van der Waals surface area contributed by atoms with Crippen LogP contribution in [0.2, 0.25) is 5.02 Å². The number of likely N-dealkylation sites (N-methyl/N-ethyl adjacent to an activating group) is 2. The highest BCUT2D eigenvalue weighted by atomic mass is 35.5. The molecule has 13 amide bonds. The lowest BCUT2D eigenvalue weighted by molar-refractivity contribution is -0.155. The Morgan fingerprint density at radius 2 is 1.20 bits per heavy atom. The zero-order valence-corrected chi connectivity index (χ0v) is 87.6. The van der Waals surface area contributed by atoms with Crippen LogP contribution in [0.15, 0.2) is 96.1 Å². The van der Waals surface area contributed by atoms with E-state index < -0.39 is 185 Å². The number of hydrogen-bond acceptors (Lipinski definition) is 28. The van der Waals surface area contributed by atoms with Crippen LogP contribution in [-0.4, -0.2) is 276 Å². The highest BCUT2D eigenvalue weighted by Crippen LogP contribution is 2.60. The fourth-order valence-corrected chi connectivity index (χ4v) is 17.0. The number of esters is 2. The van der Waals surface area contributed by atoms with Crippen molar-refractivity contribution in [3.8, 4) is 0 Å². The fourth-order valence-electron chi connectivity index (χ4n) is 14.7. The Morgan fingerprint density at radius 1 is 0.632 bits per heavy atom. The quantitative estimate of drug-likeness (QED) is 0.00624. The Hall–Kier alpha value is -10.8. The van der Waals surface area contributed by atoms with Crippen LogP contribution in [0.25, 0.3) is 0 Å². The van der Waals surface area contributed by atoms with Crippen molar-refractivity contribution in [3.05, 3.63) is 123 Å². The second-order valence-corrected chi connectivity index (χ2v) is 39.8. The van der Waals surface area contributed by atoms with Crippen molar-refractivity contribution >= 4 is 122 Å². The molecule has 14 N–H and O–H groups in total. The number of anilines is 1. The molecule has 3 unspecified atom stereocenters. The van der Waals surface area contributed by atoms with E-state index in [1.165, 1.54) is 40.9 Å². The second kappa shape index (κ2) is 65.6. The van der Waals surface area contributed by atoms with E-state index in [2.05, 4.69) is 57.5 Å². The number of Topliss-reactive ketones (excluding diaryl/α,β-unsaturated/α-hetero) is 1. The molecule has 0 spiro atoms. The van der Waals surface area contributed by atoms with Crippen molar-refractivity contribution in [2.75, 3.05) is 118 Å². The average molecular weight is 2090 g/mol. The summed E-state index contributed by atoms with van der Waals surface area (Å²) in [5, 5.41) is 27.1.